The highest BCUT2D eigenvalue weighted by atomic mass is 19.3. The van der Waals surface area contributed by atoms with E-state index in [1.165, 1.54) is 24.2 Å². The third-order valence-corrected chi connectivity index (χ3v) is 32.4. The molecule has 0 radical (unpaired) electrons. The topological polar surface area (TPSA) is 243 Å². The number of rotatable bonds is 9. The van der Waals surface area contributed by atoms with Crippen molar-refractivity contribution >= 4 is 48.1 Å². The molecule has 144 heavy (non-hydrogen) atoms. The zero-order chi connectivity index (χ0) is 105. The number of likely N-dealkylation sites (tertiary alicyclic amines) is 7. The number of aliphatic hydroxyl groups is 1. The zero-order valence-electron chi connectivity index (χ0n) is 92.2. The first-order valence-electron chi connectivity index (χ1n) is 56.4. The fourth-order valence-corrected chi connectivity index (χ4v) is 21.8. The van der Waals surface area contributed by atoms with Crippen LogP contribution in [0.4, 0.5) is 59.9 Å². The van der Waals surface area contributed by atoms with Crippen LogP contribution in [0.25, 0.3) is 0 Å². The molecule has 0 spiro atoms. The highest BCUT2D eigenvalue weighted by Crippen LogP contribution is 2.32. The molecule has 16 heterocycles. The third-order valence-electron chi connectivity index (χ3n) is 32.4. The molecule has 16 rings (SSSR count). The van der Waals surface area contributed by atoms with Gasteiger partial charge in [0.05, 0.1) is 19.2 Å². The van der Waals surface area contributed by atoms with Crippen molar-refractivity contribution in [2.45, 2.75) is 305 Å². The van der Waals surface area contributed by atoms with Gasteiger partial charge in [0.1, 0.15) is 12.3 Å². The molecule has 1 atom stereocenters. The number of hydrogen-bond donors (Lipinski definition) is 2. The van der Waals surface area contributed by atoms with Gasteiger partial charge in [-0.2, -0.15) is 0 Å². The summed E-state index contributed by atoms with van der Waals surface area (Å²) in [5.74, 6) is -3.84. The maximum atomic E-state index is 13.3. The Kier molecular flexibility index (Phi) is 50.9. The molecular formula is C105H196F6N24O9. The minimum absolute atomic E-state index is 0.0285. The van der Waals surface area contributed by atoms with Crippen molar-refractivity contribution in [2.24, 2.45) is 11.8 Å². The molecule has 0 aromatic rings. The average Bonchev–Trinajstić information content (AvgIpc) is 0.857. The zero-order valence-corrected chi connectivity index (χ0v) is 92.2. The van der Waals surface area contributed by atoms with E-state index in [0.717, 1.165) is 273 Å². The lowest BCUT2D eigenvalue weighted by Gasteiger charge is -2.41. The van der Waals surface area contributed by atoms with Crippen LogP contribution in [-0.2, 0) is 4.79 Å². The van der Waals surface area contributed by atoms with Crippen molar-refractivity contribution in [2.75, 3.05) is 314 Å². The molecule has 832 valence electrons. The number of halogens is 6. The van der Waals surface area contributed by atoms with Gasteiger partial charge in [-0.15, -0.1) is 0 Å². The van der Waals surface area contributed by atoms with Crippen LogP contribution in [0, 0.1) is 11.8 Å². The molecule has 33 nitrogen and oxygen atoms in total. The van der Waals surface area contributed by atoms with Crippen molar-refractivity contribution in [3.05, 3.63) is 0 Å². The normalized spacial score (nSPS) is 24.4. The molecule has 0 bridgehead atoms. The van der Waals surface area contributed by atoms with E-state index in [9.17, 15) is 69.8 Å². The minimum Gasteiger partial charge on any atom is -0.393 e. The van der Waals surface area contributed by atoms with E-state index >= 15 is 0 Å². The van der Waals surface area contributed by atoms with Gasteiger partial charge in [-0.3, -0.25) is 44.0 Å². The van der Waals surface area contributed by atoms with Gasteiger partial charge in [0.25, 0.3) is 11.8 Å². The number of piperazine rings is 8. The van der Waals surface area contributed by atoms with Crippen molar-refractivity contribution in [3.63, 3.8) is 0 Å². The predicted octanol–water partition coefficient (Wildman–Crippen LogP) is 11.5. The second-order valence-corrected chi connectivity index (χ2v) is 45.3. The number of alkyl halides is 6. The van der Waals surface area contributed by atoms with Gasteiger partial charge in [-0.05, 0) is 220 Å². The summed E-state index contributed by atoms with van der Waals surface area (Å²) in [5.41, 5.74) is 0. The van der Waals surface area contributed by atoms with E-state index in [-0.39, 0.29) is 93.1 Å². The summed E-state index contributed by atoms with van der Waals surface area (Å²) in [6.45, 7) is 75.2. The number of hydrogen-bond acceptors (Lipinski definition) is 18. The Morgan fingerprint density at radius 3 is 0.778 bits per heavy atom. The quantitative estimate of drug-likeness (QED) is 0.204. The average molecular weight is 2050 g/mol. The first-order chi connectivity index (χ1) is 68.4. The van der Waals surface area contributed by atoms with Gasteiger partial charge in [-0.25, -0.2) is 59.9 Å². The third kappa shape index (κ3) is 39.4. The van der Waals surface area contributed by atoms with Crippen molar-refractivity contribution in [3.8, 4) is 0 Å². The van der Waals surface area contributed by atoms with Crippen LogP contribution in [0.3, 0.4) is 0 Å². The van der Waals surface area contributed by atoms with Crippen LogP contribution in [0.2, 0.25) is 0 Å². The Balaban J connectivity index is 0.000000183. The summed E-state index contributed by atoms with van der Waals surface area (Å²) in [6.07, 6.45) is 9.95. The maximum absolute atomic E-state index is 13.3. The molecule has 2 N–H and O–H groups in total. The summed E-state index contributed by atoms with van der Waals surface area (Å²) in [4.78, 5) is 145. The second kappa shape index (κ2) is 60.5. The number of nitrogens with one attached hydrogen (secondary N) is 1. The lowest BCUT2D eigenvalue weighted by Crippen LogP contribution is -2.56. The van der Waals surface area contributed by atoms with E-state index in [1.54, 1.807) is 24.5 Å². The summed E-state index contributed by atoms with van der Waals surface area (Å²) in [6, 6.07) is 4.94. The number of piperidine rings is 8. The molecule has 0 aromatic heterocycles. The SMILES string of the molecule is CC(C)N1CCN(C(=O)C2CCNCC2)CC1.CC(C)N1CCN(C(=O)N2CCC(F)(F)CC2)CC1.CC(C)N1CCN(C(=O)N2CCC(F)CC2)CC1.CC(C)N1CCN(C(=O)N2CCC(O)CC2)CC1.CC(C)N1CCN(C(=O)N2CCCC(F)(F)C2)CC1.CC(C)N1CCN(C(=O)N2CCCC(F)C2)CC1.CC(C)N1CCN(C(=O)N2CCCCC2)CC1.CC1CCN(C(=O)N2CCN(C(C)C)CC2)CC1. The van der Waals surface area contributed by atoms with Gasteiger partial charge in [-0.1, -0.05) is 6.92 Å². The Bertz CT molecular complexity index is 3500. The van der Waals surface area contributed by atoms with E-state index in [2.05, 4.69) is 167 Å². The van der Waals surface area contributed by atoms with E-state index in [0.29, 0.717) is 145 Å². The molecule has 0 aromatic carbocycles. The summed E-state index contributed by atoms with van der Waals surface area (Å²) in [5, 5.41) is 12.8. The molecule has 39 heteroatoms. The fourth-order valence-electron chi connectivity index (χ4n) is 21.8. The summed E-state index contributed by atoms with van der Waals surface area (Å²) >= 11 is 0. The molecule has 1 unspecified atom stereocenters. The van der Waals surface area contributed by atoms with Crippen LogP contribution in [0.1, 0.15) is 227 Å². The summed E-state index contributed by atoms with van der Waals surface area (Å²) < 4.78 is 79.1. The van der Waals surface area contributed by atoms with Gasteiger partial charge in [0.2, 0.25) is 5.91 Å². The van der Waals surface area contributed by atoms with Crippen molar-refractivity contribution in [1.29, 1.82) is 0 Å². The molecule has 16 fully saturated rings. The Morgan fingerprint density at radius 2 is 0.486 bits per heavy atom. The Hall–Kier alpha value is -6.46. The standard InChI is InChI=1S/C14H27N3O.2C13H23F2N3O.2C13H24FN3O.C13H25N3O2.2C13H25N3O/c1-12(2)15-8-10-17(11-9-15)14(18)16-6-4-13(3)5-7-16;1-11(2)16-7-9-18(10-8-16)12(19)17-5-3-13(14,15)4-6-17;1-11(2)16-6-8-17(9-7-16)12(19)18-5-3-4-13(14,15)10-18;1-11(2)15-7-9-17(10-8-15)13(18)16-5-3-12(14)4-6-16;1-11(2)15-6-8-16(9-7-15)13(18)17-5-3-4-12(14)10-17;1-11(2)14-7-9-16(10-8-14)13(18)15-5-3-12(17)4-6-15;1-11(2)15-7-9-16(10-8-15)13(17)12-3-5-14-6-4-12;1-12(2)14-8-10-16(11-9-14)13(17)15-6-4-3-5-7-15/h12-13H,4-11H2,1-3H3;2*11H,3-10H2,1-2H3;2*11-12H,3-10H2,1-2H3;11-12,17H,3-10H2,1-2H3;11-12,14H,3-10H2,1-2H3;12H,3-11H2,1-2H3. The van der Waals surface area contributed by atoms with Crippen LogP contribution in [-0.4, -0.2) is 559 Å². The number of nitrogens with zero attached hydrogens (tertiary/aromatic N) is 23. The molecular weight excluding hydrogens is 1860 g/mol. The van der Waals surface area contributed by atoms with Crippen LogP contribution < -0.4 is 5.32 Å². The predicted molar refractivity (Wildman–Crippen MR) is 560 cm³/mol. The van der Waals surface area contributed by atoms with Crippen LogP contribution in [0.15, 0.2) is 0 Å². The number of carbonyl (C=O) groups excluding carboxylic acids is 8. The highest BCUT2D eigenvalue weighted by molar-refractivity contribution is 5.80. The monoisotopic (exact) mass is 2050 g/mol. The molecule has 16 aliphatic rings. The van der Waals surface area contributed by atoms with Gasteiger partial charge >= 0.3 is 42.2 Å². The molecule has 15 amide bonds. The summed E-state index contributed by atoms with van der Waals surface area (Å²) in [7, 11) is 0. The molecule has 0 saturated carbocycles. The maximum Gasteiger partial charge on any atom is 0.320 e. The number of urea groups is 7. The first-order valence-corrected chi connectivity index (χ1v) is 56.4. The lowest BCUT2D eigenvalue weighted by molar-refractivity contribution is -0.138. The number of carbonyl (C=O) groups is 8. The first kappa shape index (κ1) is 121. The molecule has 16 saturated heterocycles. The van der Waals surface area contributed by atoms with Crippen LogP contribution >= 0.6 is 0 Å². The van der Waals surface area contributed by atoms with E-state index in [1.807, 2.05) is 39.2 Å². The molecule has 0 aliphatic carbocycles. The number of amides is 15. The van der Waals surface area contributed by atoms with E-state index in [4.69, 9.17) is 0 Å². The van der Waals surface area contributed by atoms with Gasteiger partial charge < -0.3 is 83.9 Å². The molecule has 16 aliphatic heterocycles. The Labute approximate surface area is 863 Å². The highest BCUT2D eigenvalue weighted by Gasteiger charge is 2.43. The van der Waals surface area contributed by atoms with E-state index < -0.39 is 30.7 Å². The fraction of sp³-hybridized carbons (Fsp3) is 0.924. The largest absolute Gasteiger partial charge is 0.393 e. The Morgan fingerprint density at radius 1 is 0.243 bits per heavy atom. The van der Waals surface area contributed by atoms with Gasteiger partial charge in [0, 0.05) is 361 Å². The lowest BCUT2D eigenvalue weighted by atomic mass is 9.96. The smallest absolute Gasteiger partial charge is 0.320 e. The van der Waals surface area contributed by atoms with Crippen molar-refractivity contribution < 1.29 is 69.8 Å². The van der Waals surface area contributed by atoms with Crippen LogP contribution in [0.5, 0.6) is 0 Å². The second-order valence-electron chi connectivity index (χ2n) is 45.3. The van der Waals surface area contributed by atoms with Gasteiger partial charge in [0.15, 0.2) is 0 Å². The minimum atomic E-state index is -2.71. The number of aliphatic hydroxyl groups excluding tert-OH is 1. The van der Waals surface area contributed by atoms with Crippen molar-refractivity contribution in [1.82, 2.24) is 118 Å².